The van der Waals surface area contributed by atoms with Gasteiger partial charge in [0.15, 0.2) is 5.11 Å². The highest BCUT2D eigenvalue weighted by Crippen LogP contribution is 2.25. The molecule has 0 radical (unpaired) electrons. The van der Waals surface area contributed by atoms with E-state index in [0.29, 0.717) is 18.3 Å². The summed E-state index contributed by atoms with van der Waals surface area (Å²) in [4.78, 5) is 0. The average Bonchev–Trinajstić information content (AvgIpc) is 2.47. The molecule has 1 aromatic rings. The molecule has 0 saturated carbocycles. The van der Waals surface area contributed by atoms with Crippen molar-refractivity contribution in [2.75, 3.05) is 19.8 Å². The summed E-state index contributed by atoms with van der Waals surface area (Å²) in [7, 11) is 0. The standard InChI is InChI=1S/C15H23N3O2S/c1-5-16-15(21)18-17-11(4)13-10-12(19-6-2)8-9-14(13)20-7-3/h8-10H,5-7H2,1-4H3,(H2,16,18,21)/b17-11-. The number of hydrazone groups is 1. The van der Waals surface area contributed by atoms with E-state index in [4.69, 9.17) is 21.7 Å². The van der Waals surface area contributed by atoms with Gasteiger partial charge in [0.1, 0.15) is 11.5 Å². The molecule has 0 aliphatic heterocycles. The second-order valence-corrected chi connectivity index (χ2v) is 4.60. The fraction of sp³-hybridized carbons (Fsp3) is 0.467. The maximum Gasteiger partial charge on any atom is 0.186 e. The van der Waals surface area contributed by atoms with Gasteiger partial charge in [0.25, 0.3) is 0 Å². The predicted molar refractivity (Wildman–Crippen MR) is 90.4 cm³/mol. The quantitative estimate of drug-likeness (QED) is 0.461. The minimum absolute atomic E-state index is 0.496. The van der Waals surface area contributed by atoms with Crippen LogP contribution in [0.15, 0.2) is 23.3 Å². The van der Waals surface area contributed by atoms with Crippen LogP contribution in [0.4, 0.5) is 0 Å². The monoisotopic (exact) mass is 309 g/mol. The number of nitrogens with one attached hydrogen (secondary N) is 2. The van der Waals surface area contributed by atoms with E-state index in [1.807, 2.05) is 45.9 Å². The van der Waals surface area contributed by atoms with Crippen molar-refractivity contribution in [1.29, 1.82) is 0 Å². The van der Waals surface area contributed by atoms with Crippen LogP contribution in [0.1, 0.15) is 33.3 Å². The van der Waals surface area contributed by atoms with Gasteiger partial charge in [-0.3, -0.25) is 5.43 Å². The Morgan fingerprint density at radius 3 is 2.52 bits per heavy atom. The highest BCUT2D eigenvalue weighted by molar-refractivity contribution is 7.80. The first kappa shape index (κ1) is 17.2. The van der Waals surface area contributed by atoms with E-state index in [2.05, 4.69) is 15.8 Å². The van der Waals surface area contributed by atoms with Crippen molar-refractivity contribution in [1.82, 2.24) is 10.7 Å². The lowest BCUT2D eigenvalue weighted by atomic mass is 10.1. The number of benzene rings is 1. The lowest BCUT2D eigenvalue weighted by Gasteiger charge is -2.13. The van der Waals surface area contributed by atoms with Gasteiger partial charge in [-0.05, 0) is 58.1 Å². The summed E-state index contributed by atoms with van der Waals surface area (Å²) >= 11 is 5.09. The summed E-state index contributed by atoms with van der Waals surface area (Å²) in [5, 5.41) is 7.76. The van der Waals surface area contributed by atoms with Crippen molar-refractivity contribution in [2.45, 2.75) is 27.7 Å². The molecule has 1 aromatic carbocycles. The smallest absolute Gasteiger partial charge is 0.186 e. The molecule has 0 amide bonds. The van der Waals surface area contributed by atoms with E-state index in [9.17, 15) is 0 Å². The minimum atomic E-state index is 0.496. The lowest BCUT2D eigenvalue weighted by Crippen LogP contribution is -2.32. The van der Waals surface area contributed by atoms with Crippen molar-refractivity contribution in [2.24, 2.45) is 5.10 Å². The third-order valence-electron chi connectivity index (χ3n) is 2.61. The van der Waals surface area contributed by atoms with Crippen molar-refractivity contribution in [3.63, 3.8) is 0 Å². The Bertz CT molecular complexity index is 504. The molecule has 5 nitrogen and oxygen atoms in total. The van der Waals surface area contributed by atoms with Crippen LogP contribution in [0.5, 0.6) is 11.5 Å². The molecule has 0 saturated heterocycles. The highest BCUT2D eigenvalue weighted by Gasteiger charge is 2.09. The van der Waals surface area contributed by atoms with Crippen LogP contribution < -0.4 is 20.2 Å². The number of ether oxygens (including phenoxy) is 2. The maximum atomic E-state index is 5.63. The summed E-state index contributed by atoms with van der Waals surface area (Å²) in [6.45, 7) is 9.74. The predicted octanol–water partition coefficient (Wildman–Crippen LogP) is 2.69. The zero-order valence-corrected chi connectivity index (χ0v) is 13.8. The Hall–Kier alpha value is -1.82. The molecular formula is C15H23N3O2S. The Morgan fingerprint density at radius 1 is 1.19 bits per heavy atom. The van der Waals surface area contributed by atoms with E-state index < -0.39 is 0 Å². The first-order valence-corrected chi connectivity index (χ1v) is 7.51. The summed E-state index contributed by atoms with van der Waals surface area (Å²) in [6.07, 6.45) is 0. The van der Waals surface area contributed by atoms with E-state index in [1.165, 1.54) is 0 Å². The second kappa shape index (κ2) is 9.18. The van der Waals surface area contributed by atoms with E-state index >= 15 is 0 Å². The summed E-state index contributed by atoms with van der Waals surface area (Å²) < 4.78 is 11.2. The normalized spacial score (nSPS) is 11.0. The topological polar surface area (TPSA) is 54.9 Å². The van der Waals surface area contributed by atoms with Crippen molar-refractivity contribution < 1.29 is 9.47 Å². The molecule has 0 unspecified atom stereocenters. The molecule has 0 aliphatic carbocycles. The van der Waals surface area contributed by atoms with Crippen LogP contribution in [0.2, 0.25) is 0 Å². The van der Waals surface area contributed by atoms with Gasteiger partial charge in [-0.2, -0.15) is 5.10 Å². The van der Waals surface area contributed by atoms with Gasteiger partial charge < -0.3 is 14.8 Å². The first-order valence-electron chi connectivity index (χ1n) is 7.10. The Balaban J connectivity index is 2.97. The number of hydrogen-bond acceptors (Lipinski definition) is 4. The fourth-order valence-electron chi connectivity index (χ4n) is 1.72. The van der Waals surface area contributed by atoms with E-state index in [-0.39, 0.29) is 0 Å². The van der Waals surface area contributed by atoms with Gasteiger partial charge in [0.2, 0.25) is 0 Å². The number of nitrogens with zero attached hydrogens (tertiary/aromatic N) is 1. The SMILES string of the molecule is CCNC(=S)N/N=C(/C)c1cc(OCC)ccc1OCC. The molecule has 0 bridgehead atoms. The van der Waals surface area contributed by atoms with Crippen LogP contribution >= 0.6 is 12.2 Å². The largest absolute Gasteiger partial charge is 0.494 e. The van der Waals surface area contributed by atoms with Crippen molar-refractivity contribution in [3.05, 3.63) is 23.8 Å². The van der Waals surface area contributed by atoms with Gasteiger partial charge in [-0.25, -0.2) is 0 Å². The molecule has 116 valence electrons. The third-order valence-corrected chi connectivity index (χ3v) is 2.85. The molecule has 2 N–H and O–H groups in total. The van der Waals surface area contributed by atoms with E-state index in [0.717, 1.165) is 29.3 Å². The number of thiocarbonyl (C=S) groups is 1. The van der Waals surface area contributed by atoms with Gasteiger partial charge in [0.05, 0.1) is 18.9 Å². The molecule has 6 heteroatoms. The molecule has 0 spiro atoms. The molecule has 0 atom stereocenters. The molecule has 0 heterocycles. The summed E-state index contributed by atoms with van der Waals surface area (Å²) in [6, 6.07) is 5.71. The van der Waals surface area contributed by atoms with Crippen LogP contribution in [-0.4, -0.2) is 30.6 Å². The van der Waals surface area contributed by atoms with Crippen LogP contribution in [0.3, 0.4) is 0 Å². The zero-order chi connectivity index (χ0) is 15.7. The van der Waals surface area contributed by atoms with Crippen molar-refractivity contribution in [3.8, 4) is 11.5 Å². The molecule has 21 heavy (non-hydrogen) atoms. The summed E-state index contributed by atoms with van der Waals surface area (Å²) in [5.41, 5.74) is 4.48. The van der Waals surface area contributed by atoms with Crippen LogP contribution in [-0.2, 0) is 0 Å². The van der Waals surface area contributed by atoms with Crippen LogP contribution in [0.25, 0.3) is 0 Å². The Labute approximate surface area is 131 Å². The van der Waals surface area contributed by atoms with Gasteiger partial charge >= 0.3 is 0 Å². The molecule has 1 rings (SSSR count). The van der Waals surface area contributed by atoms with Gasteiger partial charge in [-0.1, -0.05) is 0 Å². The second-order valence-electron chi connectivity index (χ2n) is 4.19. The average molecular weight is 309 g/mol. The van der Waals surface area contributed by atoms with Gasteiger partial charge in [-0.15, -0.1) is 0 Å². The molecule has 0 fully saturated rings. The van der Waals surface area contributed by atoms with Gasteiger partial charge in [0, 0.05) is 12.1 Å². The number of rotatable bonds is 7. The minimum Gasteiger partial charge on any atom is -0.494 e. The Morgan fingerprint density at radius 2 is 1.90 bits per heavy atom. The maximum absolute atomic E-state index is 5.63. The Kier molecular flexibility index (Phi) is 7.53. The molecule has 0 aromatic heterocycles. The van der Waals surface area contributed by atoms with Crippen LogP contribution in [0, 0.1) is 0 Å². The number of hydrogen-bond donors (Lipinski definition) is 2. The van der Waals surface area contributed by atoms with Crippen molar-refractivity contribution >= 4 is 23.0 Å². The lowest BCUT2D eigenvalue weighted by molar-refractivity contribution is 0.330. The third kappa shape index (κ3) is 5.59. The highest BCUT2D eigenvalue weighted by atomic mass is 32.1. The van der Waals surface area contributed by atoms with E-state index in [1.54, 1.807) is 0 Å². The summed E-state index contributed by atoms with van der Waals surface area (Å²) in [5.74, 6) is 1.57. The zero-order valence-electron chi connectivity index (χ0n) is 13.0. The molecular weight excluding hydrogens is 286 g/mol. The molecule has 0 aliphatic rings. The first-order chi connectivity index (χ1) is 10.1. The fourth-order valence-corrected chi connectivity index (χ4v) is 1.91.